The first-order valence-corrected chi connectivity index (χ1v) is 9.67. The van der Waals surface area contributed by atoms with Gasteiger partial charge in [-0.3, -0.25) is 5.41 Å². The van der Waals surface area contributed by atoms with E-state index in [2.05, 4.69) is 10.00 Å². The number of benzene rings is 1. The zero-order valence-corrected chi connectivity index (χ0v) is 14.4. The Kier molecular flexibility index (Phi) is 4.80. The third-order valence-electron chi connectivity index (χ3n) is 4.09. The lowest BCUT2D eigenvalue weighted by atomic mass is 10.1. The second-order valence-corrected chi connectivity index (χ2v) is 8.07. The average molecular weight is 357 g/mol. The summed E-state index contributed by atoms with van der Waals surface area (Å²) in [5.74, 6) is 0.584. The molecule has 0 saturated carbocycles. The molecule has 0 unspecified atom stereocenters. The lowest BCUT2D eigenvalue weighted by Gasteiger charge is -2.28. The van der Waals surface area contributed by atoms with Gasteiger partial charge < -0.3 is 10.3 Å². The van der Waals surface area contributed by atoms with E-state index < -0.39 is 9.84 Å². The minimum absolute atomic E-state index is 0.181. The van der Waals surface area contributed by atoms with E-state index in [0.29, 0.717) is 13.1 Å². The first kappa shape index (κ1) is 17.1. The second kappa shape index (κ2) is 7.02. The summed E-state index contributed by atoms with van der Waals surface area (Å²) in [6.45, 7) is 1.05. The number of aromatic nitrogens is 2. The maximum atomic E-state index is 11.5. The van der Waals surface area contributed by atoms with Crippen molar-refractivity contribution >= 4 is 27.6 Å². The Bertz CT molecular complexity index is 899. The molecule has 0 amide bonds. The average Bonchev–Trinajstić information content (AvgIpc) is 3.10. The maximum Gasteiger partial charge on any atom is 0.153 e. The number of allylic oxidation sites excluding steroid dienone is 2. The highest BCUT2D eigenvalue weighted by atomic mass is 32.2. The van der Waals surface area contributed by atoms with Crippen LogP contribution in [0.5, 0.6) is 0 Å². The summed E-state index contributed by atoms with van der Waals surface area (Å²) in [6, 6.07) is 7.89. The van der Waals surface area contributed by atoms with Crippen molar-refractivity contribution in [3.05, 3.63) is 48.8 Å². The molecule has 130 valence electrons. The molecule has 0 radical (unpaired) electrons. The summed E-state index contributed by atoms with van der Waals surface area (Å²) >= 11 is 0. The molecule has 0 bridgehead atoms. The first-order chi connectivity index (χ1) is 12.0. The van der Waals surface area contributed by atoms with E-state index >= 15 is 0 Å². The predicted octanol–water partition coefficient (Wildman–Crippen LogP) is 1.82. The summed E-state index contributed by atoms with van der Waals surface area (Å²) in [5.41, 5.74) is 2.87. The summed E-state index contributed by atoms with van der Waals surface area (Å²) in [6.07, 6.45) is 7.53. The van der Waals surface area contributed by atoms with Crippen LogP contribution in [0.1, 0.15) is 0 Å². The van der Waals surface area contributed by atoms with Crippen LogP contribution in [-0.4, -0.2) is 54.8 Å². The van der Waals surface area contributed by atoms with Crippen LogP contribution in [-0.2, 0) is 9.84 Å². The third kappa shape index (κ3) is 4.03. The van der Waals surface area contributed by atoms with Crippen LogP contribution < -0.4 is 4.90 Å². The molecule has 1 aromatic heterocycles. The molecule has 1 aromatic carbocycles. The molecular formula is C17H19N5O2S. The lowest BCUT2D eigenvalue weighted by Crippen LogP contribution is -2.40. The highest BCUT2D eigenvalue weighted by Crippen LogP contribution is 2.24. The smallest absolute Gasteiger partial charge is 0.153 e. The van der Waals surface area contributed by atoms with Gasteiger partial charge in [0.05, 0.1) is 17.7 Å². The number of anilines is 1. The Morgan fingerprint density at radius 2 is 1.80 bits per heavy atom. The van der Waals surface area contributed by atoms with Crippen molar-refractivity contribution in [2.75, 3.05) is 29.5 Å². The summed E-state index contributed by atoms with van der Waals surface area (Å²) < 4.78 is 24.5. The van der Waals surface area contributed by atoms with Gasteiger partial charge in [0.2, 0.25) is 0 Å². The van der Waals surface area contributed by atoms with Crippen molar-refractivity contribution in [2.24, 2.45) is 0 Å². The largest absolute Gasteiger partial charge is 0.369 e. The summed E-state index contributed by atoms with van der Waals surface area (Å²) in [4.78, 5) is 2.08. The Labute approximate surface area is 146 Å². The fraction of sp³-hybridized carbons (Fsp3) is 0.235. The molecule has 3 rings (SSSR count). The highest BCUT2D eigenvalue weighted by Gasteiger charge is 2.21. The maximum absolute atomic E-state index is 11.5. The number of nitrogens with zero attached hydrogens (tertiary/aromatic N) is 3. The number of hydrogen-bond donors (Lipinski definition) is 2. The molecule has 0 spiro atoms. The van der Waals surface area contributed by atoms with Gasteiger partial charge in [-0.1, -0.05) is 12.1 Å². The van der Waals surface area contributed by atoms with Crippen molar-refractivity contribution in [1.29, 1.82) is 10.8 Å². The molecule has 0 atom stereocenters. The molecule has 2 aromatic rings. The topological polar surface area (TPSA) is 103 Å². The van der Waals surface area contributed by atoms with Crippen LogP contribution in [0, 0.1) is 10.8 Å². The third-order valence-corrected chi connectivity index (χ3v) is 5.70. The Hall–Kier alpha value is -2.74. The molecule has 1 fully saturated rings. The first-order valence-electron chi connectivity index (χ1n) is 7.85. The van der Waals surface area contributed by atoms with Gasteiger partial charge in [0.25, 0.3) is 0 Å². The standard InChI is InChI=1S/C17H19N5O2S/c18-7-1-2-17(19)22-13-15(12-20-22)14-3-5-16(6-4-14)21-8-10-25(23,24)11-9-21/h1-7,12-13,18-19H,8-11H2/b2-1-,18-7?,19-17?. The van der Waals surface area contributed by atoms with E-state index in [9.17, 15) is 8.42 Å². The number of sulfone groups is 1. The van der Waals surface area contributed by atoms with Crippen LogP contribution in [0.25, 0.3) is 11.1 Å². The Morgan fingerprint density at radius 1 is 1.12 bits per heavy atom. The van der Waals surface area contributed by atoms with E-state index in [1.54, 1.807) is 12.4 Å². The van der Waals surface area contributed by atoms with Gasteiger partial charge >= 0.3 is 0 Å². The van der Waals surface area contributed by atoms with Gasteiger partial charge in [-0.2, -0.15) is 5.10 Å². The van der Waals surface area contributed by atoms with Gasteiger partial charge in [-0.05, 0) is 29.8 Å². The van der Waals surface area contributed by atoms with E-state index in [4.69, 9.17) is 10.8 Å². The minimum Gasteiger partial charge on any atom is -0.369 e. The van der Waals surface area contributed by atoms with E-state index in [1.165, 1.54) is 16.8 Å². The lowest BCUT2D eigenvalue weighted by molar-refractivity contribution is 0.587. The van der Waals surface area contributed by atoms with Crippen molar-refractivity contribution in [2.45, 2.75) is 0 Å². The van der Waals surface area contributed by atoms with Gasteiger partial charge in [-0.25, -0.2) is 13.1 Å². The molecule has 2 N–H and O–H groups in total. The van der Waals surface area contributed by atoms with E-state index in [0.717, 1.165) is 23.0 Å². The van der Waals surface area contributed by atoms with Gasteiger partial charge in [0.15, 0.2) is 9.84 Å². The van der Waals surface area contributed by atoms with E-state index in [-0.39, 0.29) is 17.3 Å². The fourth-order valence-electron chi connectivity index (χ4n) is 2.65. The highest BCUT2D eigenvalue weighted by molar-refractivity contribution is 7.91. The molecule has 1 saturated heterocycles. The monoisotopic (exact) mass is 357 g/mol. The van der Waals surface area contributed by atoms with Crippen LogP contribution in [0.15, 0.2) is 48.8 Å². The summed E-state index contributed by atoms with van der Waals surface area (Å²) in [5, 5.41) is 19.0. The number of nitrogens with one attached hydrogen (secondary N) is 2. The van der Waals surface area contributed by atoms with Crippen molar-refractivity contribution in [3.8, 4) is 11.1 Å². The molecule has 25 heavy (non-hydrogen) atoms. The Morgan fingerprint density at radius 3 is 2.44 bits per heavy atom. The quantitative estimate of drug-likeness (QED) is 0.643. The molecular weight excluding hydrogens is 338 g/mol. The van der Waals surface area contributed by atoms with Crippen molar-refractivity contribution in [1.82, 2.24) is 9.78 Å². The van der Waals surface area contributed by atoms with E-state index in [1.807, 2.05) is 24.3 Å². The zero-order valence-electron chi connectivity index (χ0n) is 13.6. The molecule has 0 aliphatic carbocycles. The molecule has 2 heterocycles. The molecule has 1 aliphatic rings. The van der Waals surface area contributed by atoms with Gasteiger partial charge in [-0.15, -0.1) is 0 Å². The van der Waals surface area contributed by atoms with Gasteiger partial charge in [0.1, 0.15) is 5.84 Å². The zero-order chi connectivity index (χ0) is 17.9. The van der Waals surface area contributed by atoms with Gasteiger partial charge in [0, 0.05) is 36.8 Å². The number of rotatable bonds is 4. The number of hydrogen-bond acceptors (Lipinski definition) is 6. The van der Waals surface area contributed by atoms with Crippen LogP contribution >= 0.6 is 0 Å². The van der Waals surface area contributed by atoms with Crippen LogP contribution in [0.3, 0.4) is 0 Å². The normalized spacial score (nSPS) is 16.9. The van der Waals surface area contributed by atoms with Crippen molar-refractivity contribution in [3.63, 3.8) is 0 Å². The molecule has 8 heteroatoms. The SMILES string of the molecule is N=C/C=C\C(=N)n1cc(-c2ccc(N3CCS(=O)(=O)CC3)cc2)cn1. The summed E-state index contributed by atoms with van der Waals surface area (Å²) in [7, 11) is -2.88. The Balaban J connectivity index is 1.73. The predicted molar refractivity (Wildman–Crippen MR) is 99.6 cm³/mol. The molecule has 7 nitrogen and oxygen atoms in total. The van der Waals surface area contributed by atoms with Crippen molar-refractivity contribution < 1.29 is 8.42 Å². The second-order valence-electron chi connectivity index (χ2n) is 5.77. The minimum atomic E-state index is -2.88. The fourth-order valence-corrected chi connectivity index (χ4v) is 3.86. The van der Waals surface area contributed by atoms with Crippen LogP contribution in [0.2, 0.25) is 0 Å². The van der Waals surface area contributed by atoms with Crippen LogP contribution in [0.4, 0.5) is 5.69 Å². The molecule has 1 aliphatic heterocycles.